The average molecular weight is 304 g/mol. The van der Waals surface area contributed by atoms with Crippen molar-refractivity contribution in [1.29, 1.82) is 10.5 Å². The van der Waals surface area contributed by atoms with E-state index in [2.05, 4.69) is 21.9 Å². The lowest BCUT2D eigenvalue weighted by molar-refractivity contribution is 0.794. The van der Waals surface area contributed by atoms with Crippen molar-refractivity contribution < 1.29 is 0 Å². The van der Waals surface area contributed by atoms with Crippen LogP contribution in [0.3, 0.4) is 0 Å². The molecule has 2 aromatic rings. The molecule has 7 heteroatoms. The second-order valence-electron chi connectivity index (χ2n) is 4.56. The Morgan fingerprint density at radius 1 is 1.30 bits per heavy atom. The van der Waals surface area contributed by atoms with Gasteiger partial charge < -0.3 is 0 Å². The molecule has 1 aromatic heterocycles. The monoisotopic (exact) mass is 304 g/mol. The van der Waals surface area contributed by atoms with Crippen LogP contribution in [-0.4, -0.2) is 15.8 Å². The molecule has 0 atom stereocenters. The summed E-state index contributed by atoms with van der Waals surface area (Å²) < 4.78 is 1.26. The lowest BCUT2D eigenvalue weighted by atomic mass is 10.2. The molecule has 0 aliphatic carbocycles. The Kier molecular flexibility index (Phi) is 4.75. The number of nitriles is 2. The van der Waals surface area contributed by atoms with Gasteiger partial charge in [0.2, 0.25) is 6.04 Å². The van der Waals surface area contributed by atoms with Crippen LogP contribution in [0, 0.1) is 29.6 Å². The van der Waals surface area contributed by atoms with Crippen LogP contribution in [-0.2, 0) is 0 Å². The van der Waals surface area contributed by atoms with Gasteiger partial charge in [0.25, 0.3) is 5.56 Å². The van der Waals surface area contributed by atoms with Crippen LogP contribution in [0.15, 0.2) is 51.9 Å². The zero-order valence-corrected chi connectivity index (χ0v) is 12.3. The van der Waals surface area contributed by atoms with Crippen molar-refractivity contribution in [2.45, 2.75) is 13.0 Å². The molecule has 1 aromatic carbocycles. The molecule has 0 fully saturated rings. The predicted molar refractivity (Wildman–Crippen MR) is 84.2 cm³/mol. The van der Waals surface area contributed by atoms with E-state index < -0.39 is 6.04 Å². The molecule has 112 valence electrons. The fraction of sp³-hybridized carbons (Fsp3) is 0.125. The standard InChI is InChI=1S/C16H12N6O/c1-3-15-11(2)8-16(23)22(21-15)14-6-4-12(5-7-14)19-20-13(9-17)10-18/h3-8,13H,1H2,2H3. The van der Waals surface area contributed by atoms with Gasteiger partial charge in [0.05, 0.1) is 17.1 Å². The van der Waals surface area contributed by atoms with Crippen LogP contribution in [0.25, 0.3) is 11.8 Å². The molecule has 0 aliphatic heterocycles. The van der Waals surface area contributed by atoms with E-state index in [9.17, 15) is 4.79 Å². The average Bonchev–Trinajstić information content (AvgIpc) is 2.57. The third-order valence-electron chi connectivity index (χ3n) is 2.98. The van der Waals surface area contributed by atoms with E-state index in [0.717, 1.165) is 5.56 Å². The van der Waals surface area contributed by atoms with E-state index in [-0.39, 0.29) is 5.56 Å². The molecule has 0 saturated carbocycles. The number of hydrogen-bond acceptors (Lipinski definition) is 6. The van der Waals surface area contributed by atoms with Gasteiger partial charge in [-0.1, -0.05) is 6.58 Å². The van der Waals surface area contributed by atoms with E-state index in [1.165, 1.54) is 10.7 Å². The van der Waals surface area contributed by atoms with Gasteiger partial charge in [0, 0.05) is 6.07 Å². The quantitative estimate of drug-likeness (QED) is 0.809. The number of benzene rings is 1. The highest BCUT2D eigenvalue weighted by molar-refractivity contribution is 5.47. The molecule has 0 unspecified atom stereocenters. The zero-order valence-electron chi connectivity index (χ0n) is 12.3. The van der Waals surface area contributed by atoms with Crippen molar-refractivity contribution in [2.24, 2.45) is 10.2 Å². The molecule has 0 spiro atoms. The summed E-state index contributed by atoms with van der Waals surface area (Å²) in [6.07, 6.45) is 1.58. The molecule has 1 heterocycles. The molecule has 0 aliphatic rings. The van der Waals surface area contributed by atoms with Gasteiger partial charge in [-0.2, -0.15) is 30.5 Å². The topological polar surface area (TPSA) is 107 Å². The summed E-state index contributed by atoms with van der Waals surface area (Å²) in [6, 6.07) is 10.3. The van der Waals surface area contributed by atoms with E-state index in [1.807, 2.05) is 0 Å². The summed E-state index contributed by atoms with van der Waals surface area (Å²) in [6.45, 7) is 5.46. The van der Waals surface area contributed by atoms with Gasteiger partial charge in [0.15, 0.2) is 0 Å². The van der Waals surface area contributed by atoms with Crippen LogP contribution in [0.5, 0.6) is 0 Å². The molecule has 2 rings (SSSR count). The number of rotatable bonds is 4. The minimum absolute atomic E-state index is 0.253. The number of hydrogen-bond donors (Lipinski definition) is 0. The first-order valence-corrected chi connectivity index (χ1v) is 6.63. The summed E-state index contributed by atoms with van der Waals surface area (Å²) in [4.78, 5) is 12.0. The SMILES string of the molecule is C=Cc1nn(-c2ccc(N=NC(C#N)C#N)cc2)c(=O)cc1C. The van der Waals surface area contributed by atoms with Gasteiger partial charge in [-0.15, -0.1) is 0 Å². The predicted octanol–water partition coefficient (Wildman–Crippen LogP) is 2.68. The molecule has 7 nitrogen and oxygen atoms in total. The second-order valence-corrected chi connectivity index (χ2v) is 4.56. The highest BCUT2D eigenvalue weighted by Gasteiger charge is 2.06. The molecule has 0 N–H and O–H groups in total. The number of aromatic nitrogens is 2. The maximum atomic E-state index is 12.0. The maximum absolute atomic E-state index is 12.0. The second kappa shape index (κ2) is 6.92. The Morgan fingerprint density at radius 3 is 2.52 bits per heavy atom. The molecule has 0 saturated heterocycles. The van der Waals surface area contributed by atoms with Crippen LogP contribution >= 0.6 is 0 Å². The van der Waals surface area contributed by atoms with E-state index in [1.54, 1.807) is 49.4 Å². The Labute approximate surface area is 132 Å². The first kappa shape index (κ1) is 15.8. The van der Waals surface area contributed by atoms with Crippen molar-refractivity contribution in [3.05, 3.63) is 58.5 Å². The van der Waals surface area contributed by atoms with Crippen LogP contribution in [0.2, 0.25) is 0 Å². The first-order valence-electron chi connectivity index (χ1n) is 6.63. The largest absolute Gasteiger partial charge is 0.271 e. The lowest BCUT2D eigenvalue weighted by Gasteiger charge is -2.07. The molecule has 0 amide bonds. The fourth-order valence-electron chi connectivity index (χ4n) is 1.81. The van der Waals surface area contributed by atoms with Crippen molar-refractivity contribution in [3.8, 4) is 17.8 Å². The molecule has 0 bridgehead atoms. The third kappa shape index (κ3) is 3.55. The van der Waals surface area contributed by atoms with Crippen molar-refractivity contribution in [3.63, 3.8) is 0 Å². The van der Waals surface area contributed by atoms with Crippen molar-refractivity contribution in [2.75, 3.05) is 0 Å². The normalized spacial score (nSPS) is 10.4. The van der Waals surface area contributed by atoms with Gasteiger partial charge in [-0.05, 0) is 42.8 Å². The van der Waals surface area contributed by atoms with E-state index in [0.29, 0.717) is 17.1 Å². The van der Waals surface area contributed by atoms with Gasteiger partial charge in [-0.25, -0.2) is 0 Å². The number of aryl methyl sites for hydroxylation is 1. The zero-order chi connectivity index (χ0) is 16.8. The van der Waals surface area contributed by atoms with Crippen molar-refractivity contribution in [1.82, 2.24) is 9.78 Å². The molecule has 23 heavy (non-hydrogen) atoms. The van der Waals surface area contributed by atoms with Gasteiger partial charge in [-0.3, -0.25) is 4.79 Å². The van der Waals surface area contributed by atoms with Crippen LogP contribution < -0.4 is 5.56 Å². The summed E-state index contributed by atoms with van der Waals surface area (Å²) in [5, 5.41) is 28.9. The summed E-state index contributed by atoms with van der Waals surface area (Å²) in [5.41, 5.74) is 2.16. The smallest absolute Gasteiger partial charge is 0.267 e. The van der Waals surface area contributed by atoms with E-state index in [4.69, 9.17) is 10.5 Å². The fourth-order valence-corrected chi connectivity index (χ4v) is 1.81. The third-order valence-corrected chi connectivity index (χ3v) is 2.98. The number of azo groups is 1. The molecular formula is C16H12N6O. The Hall–Kier alpha value is -3.58. The van der Waals surface area contributed by atoms with Gasteiger partial charge in [0.1, 0.15) is 12.1 Å². The Morgan fingerprint density at radius 2 is 1.96 bits per heavy atom. The van der Waals surface area contributed by atoms with Crippen molar-refractivity contribution >= 4 is 11.8 Å². The summed E-state index contributed by atoms with van der Waals surface area (Å²) in [5.74, 6) is 0. The maximum Gasteiger partial charge on any atom is 0.271 e. The summed E-state index contributed by atoms with van der Waals surface area (Å²) in [7, 11) is 0. The van der Waals surface area contributed by atoms with Gasteiger partial charge >= 0.3 is 0 Å². The first-order chi connectivity index (χ1) is 11.1. The van der Waals surface area contributed by atoms with Crippen LogP contribution in [0.4, 0.5) is 5.69 Å². The summed E-state index contributed by atoms with van der Waals surface area (Å²) >= 11 is 0. The number of nitrogens with zero attached hydrogens (tertiary/aromatic N) is 6. The lowest BCUT2D eigenvalue weighted by Crippen LogP contribution is -2.21. The highest BCUT2D eigenvalue weighted by atomic mass is 16.1. The Bertz CT molecular complexity index is 882. The molecular weight excluding hydrogens is 292 g/mol. The van der Waals surface area contributed by atoms with Crippen LogP contribution in [0.1, 0.15) is 11.3 Å². The highest BCUT2D eigenvalue weighted by Crippen LogP contribution is 2.16. The molecule has 0 radical (unpaired) electrons. The van der Waals surface area contributed by atoms with E-state index >= 15 is 0 Å². The Balaban J connectivity index is 2.34. The minimum Gasteiger partial charge on any atom is -0.267 e. The minimum atomic E-state index is -1.13.